The summed E-state index contributed by atoms with van der Waals surface area (Å²) in [4.78, 5) is 22.9. The fourth-order valence-corrected chi connectivity index (χ4v) is 1.91. The van der Waals surface area contributed by atoms with Crippen LogP contribution < -0.4 is 0 Å². The number of benzene rings is 2. The largest absolute Gasteiger partial charge is 0.506 e. The highest BCUT2D eigenvalue weighted by Gasteiger charge is 2.19. The minimum atomic E-state index is -1.52. The lowest BCUT2D eigenvalue weighted by atomic mass is 10.0. The third-order valence-electron chi connectivity index (χ3n) is 2.87. The van der Waals surface area contributed by atoms with E-state index in [1.165, 1.54) is 6.08 Å². The van der Waals surface area contributed by atoms with E-state index < -0.39 is 34.4 Å². The van der Waals surface area contributed by atoms with Crippen LogP contribution in [0.1, 0.15) is 26.3 Å². The van der Waals surface area contributed by atoms with Crippen LogP contribution in [-0.4, -0.2) is 22.0 Å². The molecule has 0 bridgehead atoms. The molecule has 0 aliphatic carbocycles. The Bertz CT molecular complexity index is 766. The van der Waals surface area contributed by atoms with E-state index in [-0.39, 0.29) is 0 Å². The predicted molar refractivity (Wildman–Crippen MR) is 79.8 cm³/mol. The first-order valence-corrected chi connectivity index (χ1v) is 6.50. The van der Waals surface area contributed by atoms with E-state index in [1.54, 1.807) is 24.3 Å². The molecule has 2 rings (SSSR count). The van der Waals surface area contributed by atoms with Crippen LogP contribution in [0.4, 0.5) is 4.39 Å². The van der Waals surface area contributed by atoms with Crippen LogP contribution in [0.25, 0.3) is 6.08 Å². The van der Waals surface area contributed by atoms with Crippen molar-refractivity contribution in [2.45, 2.75) is 0 Å². The van der Waals surface area contributed by atoms with Crippen LogP contribution in [-0.2, 0) is 0 Å². The zero-order valence-corrected chi connectivity index (χ0v) is 11.8. The summed E-state index contributed by atoms with van der Waals surface area (Å²) in [6.45, 7) is 0. The van der Waals surface area contributed by atoms with Crippen molar-refractivity contribution in [1.29, 1.82) is 0 Å². The molecule has 0 unspecified atom stereocenters. The number of hydrogen-bond acceptors (Lipinski definition) is 3. The van der Waals surface area contributed by atoms with Crippen molar-refractivity contribution in [3.05, 3.63) is 70.0 Å². The summed E-state index contributed by atoms with van der Waals surface area (Å²) >= 11 is 5.73. The number of aromatic hydroxyl groups is 1. The lowest BCUT2D eigenvalue weighted by molar-refractivity contribution is 0.0693. The standard InChI is InChI=1S/C16H10ClFO4/c17-10-4-1-9(2-5-10)3-6-14(19)12-7-11(18)8-13(15(12)20)16(21)22/h1-8,20H,(H,21,22)/b6-3+. The SMILES string of the molecule is O=C(O)c1cc(F)cc(C(=O)/C=C/c2ccc(Cl)cc2)c1O. The maximum absolute atomic E-state index is 13.4. The fourth-order valence-electron chi connectivity index (χ4n) is 1.79. The summed E-state index contributed by atoms with van der Waals surface area (Å²) in [5, 5.41) is 19.2. The van der Waals surface area contributed by atoms with Gasteiger partial charge in [-0.25, -0.2) is 9.18 Å². The molecular formula is C16H10ClFO4. The summed E-state index contributed by atoms with van der Waals surface area (Å²) in [7, 11) is 0. The van der Waals surface area contributed by atoms with Gasteiger partial charge in [-0.1, -0.05) is 29.8 Å². The number of carbonyl (C=O) groups excluding carboxylic acids is 1. The van der Waals surface area contributed by atoms with Crippen LogP contribution >= 0.6 is 11.6 Å². The van der Waals surface area contributed by atoms with Crippen molar-refractivity contribution >= 4 is 29.4 Å². The number of aromatic carboxylic acids is 1. The molecule has 0 atom stereocenters. The quantitative estimate of drug-likeness (QED) is 0.664. The molecule has 0 saturated heterocycles. The maximum atomic E-state index is 13.4. The molecular weight excluding hydrogens is 311 g/mol. The van der Waals surface area contributed by atoms with Gasteiger partial charge < -0.3 is 10.2 Å². The zero-order valence-electron chi connectivity index (χ0n) is 11.1. The highest BCUT2D eigenvalue weighted by Crippen LogP contribution is 2.25. The molecule has 0 aliphatic rings. The molecule has 0 aromatic heterocycles. The van der Waals surface area contributed by atoms with Crippen LogP contribution in [0.5, 0.6) is 5.75 Å². The minimum absolute atomic E-state index is 0.414. The van der Waals surface area contributed by atoms with Gasteiger partial charge in [0, 0.05) is 5.02 Å². The van der Waals surface area contributed by atoms with Crippen molar-refractivity contribution < 1.29 is 24.2 Å². The fraction of sp³-hybridized carbons (Fsp3) is 0. The number of carboxylic acids is 1. The maximum Gasteiger partial charge on any atom is 0.339 e. The Hall–Kier alpha value is -2.66. The molecule has 4 nitrogen and oxygen atoms in total. The first-order chi connectivity index (χ1) is 10.4. The lowest BCUT2D eigenvalue weighted by Crippen LogP contribution is -2.04. The van der Waals surface area contributed by atoms with Gasteiger partial charge in [0.1, 0.15) is 17.1 Å². The number of halogens is 2. The summed E-state index contributed by atoms with van der Waals surface area (Å²) in [6.07, 6.45) is 2.56. The second-order valence-electron chi connectivity index (χ2n) is 4.40. The van der Waals surface area contributed by atoms with E-state index in [0.717, 1.165) is 12.1 Å². The topological polar surface area (TPSA) is 74.6 Å². The molecule has 0 fully saturated rings. The third-order valence-corrected chi connectivity index (χ3v) is 3.12. The average Bonchev–Trinajstić information content (AvgIpc) is 2.48. The molecule has 2 aromatic rings. The Balaban J connectivity index is 2.33. The second kappa shape index (κ2) is 6.41. The molecule has 22 heavy (non-hydrogen) atoms. The van der Waals surface area contributed by atoms with Gasteiger partial charge in [-0.2, -0.15) is 0 Å². The normalized spacial score (nSPS) is 10.8. The summed E-state index contributed by atoms with van der Waals surface area (Å²) < 4.78 is 13.4. The Morgan fingerprint density at radius 3 is 2.27 bits per heavy atom. The number of allylic oxidation sites excluding steroid dienone is 1. The predicted octanol–water partition coefficient (Wildman–Crippen LogP) is 3.78. The highest BCUT2D eigenvalue weighted by molar-refractivity contribution is 6.30. The Morgan fingerprint density at radius 1 is 1.09 bits per heavy atom. The number of carboxylic acid groups (broad SMARTS) is 1. The molecule has 0 spiro atoms. The number of rotatable bonds is 4. The van der Waals surface area contributed by atoms with Crippen LogP contribution in [0.2, 0.25) is 5.02 Å². The number of phenols is 1. The van der Waals surface area contributed by atoms with E-state index >= 15 is 0 Å². The average molecular weight is 321 g/mol. The first-order valence-electron chi connectivity index (χ1n) is 6.12. The smallest absolute Gasteiger partial charge is 0.339 e. The molecule has 2 aromatic carbocycles. The van der Waals surface area contributed by atoms with Gasteiger partial charge in [-0.05, 0) is 35.9 Å². The summed E-state index contributed by atoms with van der Waals surface area (Å²) in [6, 6.07) is 8.04. The van der Waals surface area contributed by atoms with Gasteiger partial charge in [0.05, 0.1) is 5.56 Å². The lowest BCUT2D eigenvalue weighted by Gasteiger charge is -2.05. The van der Waals surface area contributed by atoms with Gasteiger partial charge >= 0.3 is 5.97 Å². The van der Waals surface area contributed by atoms with Crippen molar-refractivity contribution in [2.24, 2.45) is 0 Å². The van der Waals surface area contributed by atoms with Gasteiger partial charge in [-0.3, -0.25) is 4.79 Å². The molecule has 0 amide bonds. The van der Waals surface area contributed by atoms with Crippen LogP contribution in [0.15, 0.2) is 42.5 Å². The van der Waals surface area contributed by atoms with E-state index in [9.17, 15) is 19.1 Å². The first kappa shape index (κ1) is 15.7. The second-order valence-corrected chi connectivity index (χ2v) is 4.84. The van der Waals surface area contributed by atoms with E-state index in [2.05, 4.69) is 0 Å². The van der Waals surface area contributed by atoms with Crippen LogP contribution in [0.3, 0.4) is 0 Å². The summed E-state index contributed by atoms with van der Waals surface area (Å²) in [5.41, 5.74) is -0.405. The van der Waals surface area contributed by atoms with Gasteiger partial charge in [0.2, 0.25) is 0 Å². The summed E-state index contributed by atoms with van der Waals surface area (Å²) in [5.74, 6) is -3.92. The molecule has 0 heterocycles. The van der Waals surface area contributed by atoms with E-state index in [4.69, 9.17) is 16.7 Å². The van der Waals surface area contributed by atoms with Crippen molar-refractivity contribution in [2.75, 3.05) is 0 Å². The van der Waals surface area contributed by atoms with E-state index in [1.807, 2.05) is 0 Å². The Morgan fingerprint density at radius 2 is 1.68 bits per heavy atom. The Kier molecular flexibility index (Phi) is 4.58. The molecule has 0 radical (unpaired) electrons. The van der Waals surface area contributed by atoms with Crippen molar-refractivity contribution in [1.82, 2.24) is 0 Å². The number of hydrogen-bond donors (Lipinski definition) is 2. The molecule has 6 heteroatoms. The van der Waals surface area contributed by atoms with Gasteiger partial charge in [0.25, 0.3) is 0 Å². The van der Waals surface area contributed by atoms with E-state index in [0.29, 0.717) is 16.7 Å². The Labute approximate surface area is 130 Å². The molecule has 0 saturated carbocycles. The molecule has 0 aliphatic heterocycles. The molecule has 2 N–H and O–H groups in total. The highest BCUT2D eigenvalue weighted by atomic mass is 35.5. The monoisotopic (exact) mass is 320 g/mol. The molecule has 112 valence electrons. The minimum Gasteiger partial charge on any atom is -0.506 e. The van der Waals surface area contributed by atoms with Crippen molar-refractivity contribution in [3.63, 3.8) is 0 Å². The number of ketones is 1. The van der Waals surface area contributed by atoms with Crippen molar-refractivity contribution in [3.8, 4) is 5.75 Å². The third kappa shape index (κ3) is 3.51. The number of carbonyl (C=O) groups is 2. The zero-order chi connectivity index (χ0) is 16.3. The van der Waals surface area contributed by atoms with Gasteiger partial charge in [0.15, 0.2) is 5.78 Å². The van der Waals surface area contributed by atoms with Gasteiger partial charge in [-0.15, -0.1) is 0 Å². The van der Waals surface area contributed by atoms with Crippen LogP contribution in [0, 0.1) is 5.82 Å².